The molecule has 1 saturated carbocycles. The van der Waals surface area contributed by atoms with E-state index in [1.807, 2.05) is 51.1 Å². The molecule has 0 unspecified atom stereocenters. The van der Waals surface area contributed by atoms with Crippen LogP contribution in [0.2, 0.25) is 0 Å². The number of carbonyl (C=O) groups excluding carboxylic acids is 3. The van der Waals surface area contributed by atoms with Gasteiger partial charge in [-0.1, -0.05) is 51.8 Å². The molecule has 194 valence electrons. The molecule has 0 aromatic heterocycles. The molecule has 1 spiro atoms. The maximum atomic E-state index is 13.8. The van der Waals surface area contributed by atoms with Crippen LogP contribution in [-0.4, -0.2) is 53.0 Å². The zero-order valence-corrected chi connectivity index (χ0v) is 22.0. The van der Waals surface area contributed by atoms with Crippen LogP contribution < -0.4 is 10.6 Å². The molecule has 4 aliphatic rings. The zero-order chi connectivity index (χ0) is 25.8. The summed E-state index contributed by atoms with van der Waals surface area (Å²) in [5, 5.41) is 6.30. The molecule has 5 rings (SSSR count). The Labute approximate surface area is 214 Å². The predicted octanol–water partition coefficient (Wildman–Crippen LogP) is 3.74. The molecule has 7 heteroatoms. The highest BCUT2D eigenvalue weighted by Gasteiger charge is 2.72. The largest absolute Gasteiger partial charge is 0.359 e. The van der Waals surface area contributed by atoms with Crippen LogP contribution in [-0.2, 0) is 19.1 Å². The number of aryl methyl sites for hydroxylation is 2. The molecule has 7 nitrogen and oxygen atoms in total. The third kappa shape index (κ3) is 3.87. The van der Waals surface area contributed by atoms with Gasteiger partial charge in [-0.2, -0.15) is 0 Å². The maximum absolute atomic E-state index is 13.8. The number of fused-ring (bicyclic) bond motifs is 1. The fraction of sp³-hybridized carbons (Fsp3) is 0.621. The van der Waals surface area contributed by atoms with Gasteiger partial charge in [0.25, 0.3) is 0 Å². The lowest BCUT2D eigenvalue weighted by atomic mass is 9.73. The van der Waals surface area contributed by atoms with Gasteiger partial charge in [-0.3, -0.25) is 14.4 Å². The minimum atomic E-state index is -1.10. The van der Waals surface area contributed by atoms with E-state index < -0.39 is 29.6 Å². The Morgan fingerprint density at radius 2 is 1.92 bits per heavy atom. The molecule has 2 bridgehead atoms. The summed E-state index contributed by atoms with van der Waals surface area (Å²) in [7, 11) is 0. The van der Waals surface area contributed by atoms with Crippen LogP contribution in [0.4, 0.5) is 5.69 Å². The van der Waals surface area contributed by atoms with Gasteiger partial charge in [0, 0.05) is 18.3 Å². The predicted molar refractivity (Wildman–Crippen MR) is 138 cm³/mol. The molecule has 2 N–H and O–H groups in total. The number of hydrogen-bond donors (Lipinski definition) is 2. The summed E-state index contributed by atoms with van der Waals surface area (Å²) in [5.74, 6) is -1.01. The number of benzene rings is 1. The summed E-state index contributed by atoms with van der Waals surface area (Å²) in [6, 6.07) is 5.11. The van der Waals surface area contributed by atoms with Crippen molar-refractivity contribution in [2.75, 3.05) is 11.9 Å². The Morgan fingerprint density at radius 3 is 2.64 bits per heavy atom. The minimum Gasteiger partial charge on any atom is -0.359 e. The van der Waals surface area contributed by atoms with Crippen molar-refractivity contribution in [3.63, 3.8) is 0 Å². The standard InChI is InChI=1S/C29H39N3O4/c1-6-14-32-25(27(34)31-21-9-7-8-17(3)19(21)5)29-13-12-22(36-29)23(24(29)28(32)35)26(33)30-20-11-10-16(2)18(4)15-20/h10-13,15,17,19,21-25H,6-9,14H2,1-5H3,(H,30,33)(H,31,34)/t17-,19-,21+,22-,23+,24-,25-,29-/m0/s1. The van der Waals surface area contributed by atoms with Crippen LogP contribution in [0, 0.1) is 37.5 Å². The summed E-state index contributed by atoms with van der Waals surface area (Å²) >= 11 is 0. The van der Waals surface area contributed by atoms with Crippen LogP contribution >= 0.6 is 0 Å². The van der Waals surface area contributed by atoms with Gasteiger partial charge in [-0.15, -0.1) is 0 Å². The first kappa shape index (κ1) is 25.0. The van der Waals surface area contributed by atoms with E-state index in [1.165, 1.54) is 6.42 Å². The Morgan fingerprint density at radius 1 is 1.14 bits per heavy atom. The van der Waals surface area contributed by atoms with Crippen LogP contribution in [0.15, 0.2) is 30.4 Å². The van der Waals surface area contributed by atoms with Crippen molar-refractivity contribution in [2.45, 2.75) is 84.1 Å². The summed E-state index contributed by atoms with van der Waals surface area (Å²) in [6.07, 6.45) is 7.17. The average Bonchev–Trinajstić information content (AvgIpc) is 3.47. The van der Waals surface area contributed by atoms with Crippen LogP contribution in [0.25, 0.3) is 0 Å². The Kier molecular flexibility index (Phi) is 6.48. The highest BCUT2D eigenvalue weighted by Crippen LogP contribution is 2.55. The van der Waals surface area contributed by atoms with E-state index in [9.17, 15) is 14.4 Å². The third-order valence-electron chi connectivity index (χ3n) is 9.20. The summed E-state index contributed by atoms with van der Waals surface area (Å²) in [6.45, 7) is 10.9. The molecule has 8 atom stereocenters. The SMILES string of the molecule is CCCN1C(=O)[C@@H]2[C@H](C(=O)Nc3ccc(C)c(C)c3)[C@@H]3C=C[C@@]2(O3)[C@@H]1C(=O)N[C@@H]1CCC[C@H](C)[C@@H]1C. The smallest absolute Gasteiger partial charge is 0.246 e. The van der Waals surface area contributed by atoms with E-state index in [1.54, 1.807) is 4.90 Å². The van der Waals surface area contributed by atoms with Gasteiger partial charge < -0.3 is 20.3 Å². The van der Waals surface area contributed by atoms with Crippen LogP contribution in [0.1, 0.15) is 57.6 Å². The van der Waals surface area contributed by atoms with Gasteiger partial charge in [-0.25, -0.2) is 0 Å². The number of likely N-dealkylation sites (tertiary alicyclic amines) is 1. The monoisotopic (exact) mass is 493 g/mol. The van der Waals surface area contributed by atoms with Crippen molar-refractivity contribution < 1.29 is 19.1 Å². The van der Waals surface area contributed by atoms with E-state index in [4.69, 9.17) is 4.74 Å². The molecule has 3 fully saturated rings. The molecule has 3 aliphatic heterocycles. The first-order chi connectivity index (χ1) is 17.2. The van der Waals surface area contributed by atoms with Crippen LogP contribution in [0.5, 0.6) is 0 Å². The summed E-state index contributed by atoms with van der Waals surface area (Å²) in [4.78, 5) is 42.8. The second-order valence-electron chi connectivity index (χ2n) is 11.4. The topological polar surface area (TPSA) is 87.7 Å². The lowest BCUT2D eigenvalue weighted by Gasteiger charge is -2.38. The van der Waals surface area contributed by atoms with Crippen LogP contribution in [0.3, 0.4) is 0 Å². The number of amides is 3. The average molecular weight is 494 g/mol. The zero-order valence-electron chi connectivity index (χ0n) is 22.0. The molecule has 3 heterocycles. The second-order valence-corrected chi connectivity index (χ2v) is 11.4. The molecular formula is C29H39N3O4. The molecule has 1 aliphatic carbocycles. The number of nitrogens with zero attached hydrogens (tertiary/aromatic N) is 1. The summed E-state index contributed by atoms with van der Waals surface area (Å²) in [5.41, 5.74) is 1.84. The van der Waals surface area contributed by atoms with E-state index in [-0.39, 0.29) is 23.8 Å². The van der Waals surface area contributed by atoms with E-state index in [0.717, 1.165) is 30.4 Å². The summed E-state index contributed by atoms with van der Waals surface area (Å²) < 4.78 is 6.42. The van der Waals surface area contributed by atoms with Gasteiger partial charge in [0.1, 0.15) is 11.6 Å². The molecule has 36 heavy (non-hydrogen) atoms. The van der Waals surface area contributed by atoms with Gasteiger partial charge >= 0.3 is 0 Å². The number of ether oxygens (including phenoxy) is 1. The highest BCUT2D eigenvalue weighted by atomic mass is 16.5. The fourth-order valence-electron chi connectivity index (χ4n) is 6.84. The first-order valence-electron chi connectivity index (χ1n) is 13.5. The lowest BCUT2D eigenvalue weighted by molar-refractivity contribution is -0.141. The number of hydrogen-bond acceptors (Lipinski definition) is 4. The van der Waals surface area contributed by atoms with Crippen molar-refractivity contribution in [2.24, 2.45) is 23.7 Å². The van der Waals surface area contributed by atoms with E-state index >= 15 is 0 Å². The van der Waals surface area contributed by atoms with Gasteiger partial charge in [0.15, 0.2) is 0 Å². The van der Waals surface area contributed by atoms with Crippen molar-refractivity contribution in [3.05, 3.63) is 41.5 Å². The quantitative estimate of drug-likeness (QED) is 0.591. The lowest BCUT2D eigenvalue weighted by Crippen LogP contribution is -2.57. The van der Waals surface area contributed by atoms with E-state index in [2.05, 4.69) is 24.5 Å². The number of rotatable bonds is 6. The van der Waals surface area contributed by atoms with Gasteiger partial charge in [-0.05, 0) is 61.8 Å². The molecule has 3 amide bonds. The molecule has 0 radical (unpaired) electrons. The van der Waals surface area contributed by atoms with Crippen molar-refractivity contribution in [3.8, 4) is 0 Å². The van der Waals surface area contributed by atoms with Crippen molar-refractivity contribution in [1.29, 1.82) is 0 Å². The molecule has 2 saturated heterocycles. The Bertz CT molecular complexity index is 1100. The molecular weight excluding hydrogens is 454 g/mol. The first-order valence-corrected chi connectivity index (χ1v) is 13.5. The van der Waals surface area contributed by atoms with Crippen molar-refractivity contribution in [1.82, 2.24) is 10.2 Å². The van der Waals surface area contributed by atoms with Gasteiger partial charge in [0.2, 0.25) is 17.7 Å². The number of nitrogens with one attached hydrogen (secondary N) is 2. The van der Waals surface area contributed by atoms with Crippen molar-refractivity contribution >= 4 is 23.4 Å². The third-order valence-corrected chi connectivity index (χ3v) is 9.20. The molecule has 1 aromatic carbocycles. The number of anilines is 1. The normalized spacial score (nSPS) is 36.8. The Hall–Kier alpha value is -2.67. The van der Waals surface area contributed by atoms with E-state index in [0.29, 0.717) is 24.1 Å². The number of carbonyl (C=O) groups is 3. The highest BCUT2D eigenvalue weighted by molar-refractivity contribution is 6.02. The Balaban J connectivity index is 1.42. The fourth-order valence-corrected chi connectivity index (χ4v) is 6.84. The van der Waals surface area contributed by atoms with Gasteiger partial charge in [0.05, 0.1) is 17.9 Å². The minimum absolute atomic E-state index is 0.0849. The second kappa shape index (κ2) is 9.33. The molecule has 1 aromatic rings. The maximum Gasteiger partial charge on any atom is 0.246 e.